The van der Waals surface area contributed by atoms with E-state index in [0.29, 0.717) is 0 Å². The van der Waals surface area contributed by atoms with E-state index in [-0.39, 0.29) is 0 Å². The largest absolute Gasteiger partial charge is 0.420 e. The van der Waals surface area contributed by atoms with Crippen LogP contribution in [0.2, 0.25) is 0 Å². The fraction of sp³-hybridized carbons (Fsp3) is 1.00. The lowest BCUT2D eigenvalue weighted by atomic mass is 10.2. The van der Waals surface area contributed by atoms with Crippen molar-refractivity contribution in [3.05, 3.63) is 0 Å². The lowest BCUT2D eigenvalue weighted by Crippen LogP contribution is -2.51. The van der Waals surface area contributed by atoms with Crippen LogP contribution in [0.25, 0.3) is 0 Å². The van der Waals surface area contributed by atoms with Crippen molar-refractivity contribution in [1.29, 1.82) is 0 Å². The zero-order chi connectivity index (χ0) is 12.7. The van der Waals surface area contributed by atoms with Crippen LogP contribution < -0.4 is 5.14 Å². The predicted octanol–water partition coefficient (Wildman–Crippen LogP) is 1.46. The second-order valence-corrected chi connectivity index (χ2v) is 4.16. The first-order chi connectivity index (χ1) is 6.21. The van der Waals surface area contributed by atoms with Crippen LogP contribution in [-0.2, 0) is 10.0 Å². The Labute approximate surface area is 79.1 Å². The number of hydrogen-bond acceptors (Lipinski definition) is 2. The molecule has 0 aliphatic carbocycles. The van der Waals surface area contributed by atoms with Gasteiger partial charge in [0, 0.05) is 0 Å². The molecule has 0 saturated carbocycles. The van der Waals surface area contributed by atoms with Gasteiger partial charge in [0.2, 0.25) is 0 Å². The summed E-state index contributed by atoms with van der Waals surface area (Å²) >= 11 is 0. The van der Waals surface area contributed by atoms with E-state index in [0.717, 1.165) is 0 Å². The van der Waals surface area contributed by atoms with Gasteiger partial charge in [0.15, 0.2) is 0 Å². The molecule has 0 heterocycles. The molecule has 0 fully saturated rings. The molecule has 0 spiro atoms. The van der Waals surface area contributed by atoms with Crippen LogP contribution >= 0.6 is 0 Å². The summed E-state index contributed by atoms with van der Waals surface area (Å²) in [6, 6.07) is 0. The average Bonchev–Trinajstić information content (AvgIpc) is 1.77. The van der Waals surface area contributed by atoms with Crippen molar-refractivity contribution in [3.8, 4) is 0 Å². The maximum Gasteiger partial charge on any atom is 0.420 e. The lowest BCUT2D eigenvalue weighted by molar-refractivity contribution is -0.235. The van der Waals surface area contributed by atoms with Crippen LogP contribution in [0.15, 0.2) is 0 Å². The van der Waals surface area contributed by atoms with E-state index < -0.39 is 33.8 Å². The number of nitrogens with two attached hydrogens (primary N) is 1. The molecule has 0 aliphatic heterocycles. The Kier molecular flexibility index (Phi) is 3.34. The van der Waals surface area contributed by atoms with Crippen molar-refractivity contribution < 1.29 is 39.2 Å². The molecule has 0 bridgehead atoms. The maximum absolute atomic E-state index is 12.3. The number of halogens is 7. The summed E-state index contributed by atoms with van der Waals surface area (Å²) < 4.78 is 103. The Hall–Kier alpha value is -0.580. The Morgan fingerprint density at radius 1 is 0.933 bits per heavy atom. The van der Waals surface area contributed by atoms with E-state index in [1.54, 1.807) is 0 Å². The Balaban J connectivity index is 5.21. The van der Waals surface area contributed by atoms with E-state index in [9.17, 15) is 39.2 Å². The molecule has 0 aromatic carbocycles. The van der Waals surface area contributed by atoms with Gasteiger partial charge < -0.3 is 0 Å². The molecule has 2 N–H and O–H groups in total. The monoisotopic (exact) mass is 263 g/mol. The predicted molar refractivity (Wildman–Crippen MR) is 33.7 cm³/mol. The Bertz CT molecular complexity index is 331. The highest BCUT2D eigenvalue weighted by Crippen LogP contribution is 2.44. The van der Waals surface area contributed by atoms with E-state index in [1.165, 1.54) is 0 Å². The van der Waals surface area contributed by atoms with Crippen LogP contribution in [0.1, 0.15) is 6.42 Å². The van der Waals surface area contributed by atoms with Gasteiger partial charge in [-0.3, -0.25) is 0 Å². The molecule has 0 aromatic heterocycles. The van der Waals surface area contributed by atoms with Crippen LogP contribution in [-0.4, -0.2) is 25.8 Å². The highest BCUT2D eigenvalue weighted by molar-refractivity contribution is 7.90. The summed E-state index contributed by atoms with van der Waals surface area (Å²) in [7, 11) is -6.12. The van der Waals surface area contributed by atoms with Crippen molar-refractivity contribution in [2.24, 2.45) is 5.14 Å². The van der Waals surface area contributed by atoms with Gasteiger partial charge in [0.05, 0.1) is 0 Å². The normalized spacial score (nSPS) is 15.5. The van der Waals surface area contributed by atoms with Crippen molar-refractivity contribution in [2.45, 2.75) is 23.8 Å². The molecular formula is C4H4F7NO2S. The average molecular weight is 263 g/mol. The van der Waals surface area contributed by atoms with E-state index in [1.807, 2.05) is 0 Å². The molecular weight excluding hydrogens is 259 g/mol. The standard InChI is InChI=1S/C4H4F7NO2S/c5-2(6,1-3(7,8)9)4(10,11)15(12,13)14/h1H2,(H2,12,13,14). The minimum atomic E-state index is -6.12. The number of alkyl halides is 7. The number of primary sulfonamides is 1. The highest BCUT2D eigenvalue weighted by atomic mass is 32.2. The van der Waals surface area contributed by atoms with E-state index in [2.05, 4.69) is 5.14 Å². The first-order valence-electron chi connectivity index (χ1n) is 3.05. The van der Waals surface area contributed by atoms with Crippen LogP contribution in [0.5, 0.6) is 0 Å². The number of rotatable bonds is 3. The van der Waals surface area contributed by atoms with Gasteiger partial charge in [0.1, 0.15) is 6.42 Å². The maximum atomic E-state index is 12.3. The zero-order valence-electron chi connectivity index (χ0n) is 6.65. The molecule has 0 aliphatic rings. The minimum absolute atomic E-state index is 3.27. The molecule has 0 aromatic rings. The lowest BCUT2D eigenvalue weighted by Gasteiger charge is -2.25. The summed E-state index contributed by atoms with van der Waals surface area (Å²) in [4.78, 5) is 0. The third kappa shape index (κ3) is 3.19. The van der Waals surface area contributed by atoms with Crippen molar-refractivity contribution in [2.75, 3.05) is 0 Å². The van der Waals surface area contributed by atoms with Crippen LogP contribution in [0, 0.1) is 0 Å². The van der Waals surface area contributed by atoms with Crippen molar-refractivity contribution in [1.82, 2.24) is 0 Å². The highest BCUT2D eigenvalue weighted by Gasteiger charge is 2.67. The molecule has 15 heavy (non-hydrogen) atoms. The van der Waals surface area contributed by atoms with E-state index in [4.69, 9.17) is 0 Å². The van der Waals surface area contributed by atoms with Crippen LogP contribution in [0.3, 0.4) is 0 Å². The summed E-state index contributed by atoms with van der Waals surface area (Å²) in [6.45, 7) is 0. The third-order valence-corrected chi connectivity index (χ3v) is 2.22. The van der Waals surface area contributed by atoms with Crippen LogP contribution in [0.4, 0.5) is 30.7 Å². The summed E-state index contributed by atoms with van der Waals surface area (Å²) in [5, 5.41) is -2.27. The summed E-state index contributed by atoms with van der Waals surface area (Å²) in [5.74, 6) is -5.81. The van der Waals surface area contributed by atoms with Gasteiger partial charge in [-0.2, -0.15) is 30.7 Å². The zero-order valence-corrected chi connectivity index (χ0v) is 7.47. The molecule has 3 nitrogen and oxygen atoms in total. The molecule has 0 amide bonds. The molecule has 0 saturated heterocycles. The SMILES string of the molecule is NS(=O)(=O)C(F)(F)C(F)(F)CC(F)(F)F. The van der Waals surface area contributed by atoms with Crippen molar-refractivity contribution in [3.63, 3.8) is 0 Å². The number of hydrogen-bond donors (Lipinski definition) is 1. The smallest absolute Gasteiger partial charge is 0.223 e. The van der Waals surface area contributed by atoms with Gasteiger partial charge in [-0.05, 0) is 0 Å². The molecule has 0 radical (unpaired) electrons. The molecule has 92 valence electrons. The quantitative estimate of drug-likeness (QED) is 0.783. The fourth-order valence-electron chi connectivity index (χ4n) is 0.563. The summed E-state index contributed by atoms with van der Waals surface area (Å²) in [5.41, 5.74) is 0. The second kappa shape index (κ2) is 3.47. The van der Waals surface area contributed by atoms with E-state index >= 15 is 0 Å². The third-order valence-electron chi connectivity index (χ3n) is 1.21. The van der Waals surface area contributed by atoms with Gasteiger partial charge in [-0.15, -0.1) is 0 Å². The summed E-state index contributed by atoms with van der Waals surface area (Å²) in [6.07, 6.45) is -8.92. The molecule has 0 rings (SSSR count). The minimum Gasteiger partial charge on any atom is -0.223 e. The Morgan fingerprint density at radius 2 is 1.27 bits per heavy atom. The topological polar surface area (TPSA) is 60.2 Å². The fourth-order valence-corrected chi connectivity index (χ4v) is 1.05. The van der Waals surface area contributed by atoms with Gasteiger partial charge in [-0.1, -0.05) is 0 Å². The van der Waals surface area contributed by atoms with Gasteiger partial charge >= 0.3 is 17.4 Å². The first-order valence-corrected chi connectivity index (χ1v) is 4.60. The Morgan fingerprint density at radius 3 is 1.47 bits per heavy atom. The molecule has 11 heteroatoms. The number of sulfonamides is 1. The molecule has 0 atom stereocenters. The van der Waals surface area contributed by atoms with Gasteiger partial charge in [-0.25, -0.2) is 13.6 Å². The first kappa shape index (κ1) is 14.4. The van der Waals surface area contributed by atoms with Crippen molar-refractivity contribution >= 4 is 10.0 Å². The van der Waals surface area contributed by atoms with Gasteiger partial charge in [0.25, 0.3) is 10.0 Å². The molecule has 0 unspecified atom stereocenters. The second-order valence-electron chi connectivity index (χ2n) is 2.56.